The number of aliphatic hydroxyl groups excluding tert-OH is 2. The standard InChI is InChI=1S/C57H111NO3/c1-3-5-7-9-11-13-15-17-19-21-22-23-24-25-26-27-28-29-30-31-32-33-34-35-36-37-39-41-43-45-47-49-51-53-57(61)58-55(54-59)56(60)52-50-48-46-44-42-40-38-20-18-16-14-12-10-8-6-4-2/h42,44,50,52,55-56,59-60H,3-41,43,45-49,51,53-54H2,1-2H3,(H,58,61)/b44-42+,52-50+. The largest absolute Gasteiger partial charge is 0.394 e. The molecule has 0 aliphatic carbocycles. The minimum atomic E-state index is -0.859. The Balaban J connectivity index is 3.42. The Morgan fingerprint density at radius 2 is 0.639 bits per heavy atom. The lowest BCUT2D eigenvalue weighted by Crippen LogP contribution is -2.45. The Kier molecular flexibility index (Phi) is 52.2. The van der Waals surface area contributed by atoms with Crippen LogP contribution in [0.2, 0.25) is 0 Å². The number of nitrogens with one attached hydrogen (secondary N) is 1. The summed E-state index contributed by atoms with van der Waals surface area (Å²) in [6.45, 7) is 4.33. The van der Waals surface area contributed by atoms with Gasteiger partial charge in [0.15, 0.2) is 0 Å². The molecule has 0 aromatic heterocycles. The van der Waals surface area contributed by atoms with Crippen LogP contribution in [0.15, 0.2) is 24.3 Å². The second-order valence-electron chi connectivity index (χ2n) is 19.4. The van der Waals surface area contributed by atoms with E-state index in [-0.39, 0.29) is 12.5 Å². The first kappa shape index (κ1) is 59.9. The van der Waals surface area contributed by atoms with Gasteiger partial charge in [0.05, 0.1) is 18.8 Å². The van der Waals surface area contributed by atoms with Crippen molar-refractivity contribution < 1.29 is 15.0 Å². The van der Waals surface area contributed by atoms with Gasteiger partial charge in [-0.1, -0.05) is 301 Å². The minimum Gasteiger partial charge on any atom is -0.394 e. The Morgan fingerprint density at radius 1 is 0.377 bits per heavy atom. The summed E-state index contributed by atoms with van der Waals surface area (Å²) in [5.74, 6) is -0.0675. The van der Waals surface area contributed by atoms with Gasteiger partial charge in [-0.05, 0) is 32.1 Å². The molecule has 0 saturated carbocycles. The molecule has 0 saturated heterocycles. The number of rotatable bonds is 52. The zero-order valence-electron chi connectivity index (χ0n) is 41.7. The summed E-state index contributed by atoms with van der Waals surface area (Å²) in [7, 11) is 0. The number of hydrogen-bond acceptors (Lipinski definition) is 3. The highest BCUT2D eigenvalue weighted by Gasteiger charge is 2.18. The van der Waals surface area contributed by atoms with Crippen LogP contribution in [0.3, 0.4) is 0 Å². The highest BCUT2D eigenvalue weighted by atomic mass is 16.3. The predicted molar refractivity (Wildman–Crippen MR) is 272 cm³/mol. The van der Waals surface area contributed by atoms with E-state index in [0.717, 1.165) is 32.1 Å². The molecule has 0 heterocycles. The SMILES string of the molecule is CCCCCCCCCCCC/C=C/CC/C=C/C(O)C(CO)NC(=O)CCCCCCCCCCCCCCCCCCCCCCCCCCCCCCCCCCC. The maximum absolute atomic E-state index is 12.4. The number of hydrogen-bond donors (Lipinski definition) is 3. The number of carbonyl (C=O) groups is 1. The average molecular weight is 859 g/mol. The van der Waals surface area contributed by atoms with E-state index in [4.69, 9.17) is 0 Å². The Morgan fingerprint density at radius 3 is 0.951 bits per heavy atom. The van der Waals surface area contributed by atoms with Crippen molar-refractivity contribution in [2.45, 2.75) is 328 Å². The summed E-state index contributed by atoms with van der Waals surface area (Å²) in [6.07, 6.45) is 70.7. The lowest BCUT2D eigenvalue weighted by atomic mass is 10.0. The van der Waals surface area contributed by atoms with Crippen LogP contribution in [0.1, 0.15) is 316 Å². The molecule has 0 fully saturated rings. The molecular weight excluding hydrogens is 747 g/mol. The van der Waals surface area contributed by atoms with Crippen LogP contribution >= 0.6 is 0 Å². The Bertz CT molecular complexity index is 886. The quantitative estimate of drug-likeness (QED) is 0.0422. The fraction of sp³-hybridized carbons (Fsp3) is 0.912. The Hall–Kier alpha value is -1.13. The van der Waals surface area contributed by atoms with Crippen LogP contribution in [0.5, 0.6) is 0 Å². The second-order valence-corrected chi connectivity index (χ2v) is 19.4. The minimum absolute atomic E-state index is 0.0675. The lowest BCUT2D eigenvalue weighted by Gasteiger charge is -2.19. The summed E-state index contributed by atoms with van der Waals surface area (Å²) in [6, 6.07) is -0.635. The molecule has 4 heteroatoms. The van der Waals surface area contributed by atoms with Crippen molar-refractivity contribution in [3.8, 4) is 0 Å². The first-order valence-electron chi connectivity index (χ1n) is 28.1. The summed E-state index contributed by atoms with van der Waals surface area (Å²) in [5.41, 5.74) is 0. The van der Waals surface area contributed by atoms with E-state index < -0.39 is 12.1 Å². The molecule has 2 atom stereocenters. The first-order chi connectivity index (χ1) is 30.2. The topological polar surface area (TPSA) is 69.6 Å². The molecule has 362 valence electrons. The van der Waals surface area contributed by atoms with Crippen molar-refractivity contribution >= 4 is 5.91 Å². The summed E-state index contributed by atoms with van der Waals surface area (Å²) in [5, 5.41) is 23.1. The molecule has 61 heavy (non-hydrogen) atoms. The van der Waals surface area contributed by atoms with Gasteiger partial charge >= 0.3 is 0 Å². The van der Waals surface area contributed by atoms with Crippen LogP contribution in [0.25, 0.3) is 0 Å². The van der Waals surface area contributed by atoms with Crippen molar-refractivity contribution in [3.05, 3.63) is 24.3 Å². The van der Waals surface area contributed by atoms with Crippen LogP contribution in [-0.2, 0) is 4.79 Å². The van der Waals surface area contributed by atoms with Crippen LogP contribution in [0.4, 0.5) is 0 Å². The van der Waals surface area contributed by atoms with Crippen molar-refractivity contribution in [1.29, 1.82) is 0 Å². The van der Waals surface area contributed by atoms with Crippen LogP contribution in [0, 0.1) is 0 Å². The summed E-state index contributed by atoms with van der Waals surface area (Å²) >= 11 is 0. The summed E-state index contributed by atoms with van der Waals surface area (Å²) < 4.78 is 0. The van der Waals surface area contributed by atoms with Gasteiger partial charge in [0.1, 0.15) is 0 Å². The van der Waals surface area contributed by atoms with E-state index in [0.29, 0.717) is 6.42 Å². The third kappa shape index (κ3) is 49.7. The van der Waals surface area contributed by atoms with Crippen LogP contribution < -0.4 is 5.32 Å². The smallest absolute Gasteiger partial charge is 0.220 e. The molecule has 0 aromatic rings. The van der Waals surface area contributed by atoms with Gasteiger partial charge in [-0.25, -0.2) is 0 Å². The van der Waals surface area contributed by atoms with Gasteiger partial charge in [-0.15, -0.1) is 0 Å². The molecule has 3 N–H and O–H groups in total. The average Bonchev–Trinajstić information content (AvgIpc) is 3.26. The van der Waals surface area contributed by atoms with E-state index in [1.807, 2.05) is 6.08 Å². The summed E-state index contributed by atoms with van der Waals surface area (Å²) in [4.78, 5) is 12.4. The van der Waals surface area contributed by atoms with Gasteiger partial charge in [0.2, 0.25) is 5.91 Å². The van der Waals surface area contributed by atoms with E-state index in [1.165, 1.54) is 263 Å². The molecule has 1 amide bonds. The lowest BCUT2D eigenvalue weighted by molar-refractivity contribution is -0.123. The number of amides is 1. The van der Waals surface area contributed by atoms with Crippen LogP contribution in [-0.4, -0.2) is 34.9 Å². The fourth-order valence-corrected chi connectivity index (χ4v) is 8.90. The molecule has 2 unspecified atom stereocenters. The molecule has 0 bridgehead atoms. The highest BCUT2D eigenvalue weighted by molar-refractivity contribution is 5.76. The molecule has 0 aliphatic rings. The normalized spacial score (nSPS) is 12.9. The molecular formula is C57H111NO3. The van der Waals surface area contributed by atoms with E-state index >= 15 is 0 Å². The fourth-order valence-electron chi connectivity index (χ4n) is 8.90. The monoisotopic (exact) mass is 858 g/mol. The number of unbranched alkanes of at least 4 members (excludes halogenated alkanes) is 43. The van der Waals surface area contributed by atoms with E-state index in [9.17, 15) is 15.0 Å². The zero-order valence-corrected chi connectivity index (χ0v) is 41.7. The first-order valence-corrected chi connectivity index (χ1v) is 28.1. The number of carbonyl (C=O) groups excluding carboxylic acids is 1. The maximum atomic E-state index is 12.4. The van der Waals surface area contributed by atoms with Crippen molar-refractivity contribution in [2.24, 2.45) is 0 Å². The van der Waals surface area contributed by atoms with E-state index in [1.54, 1.807) is 6.08 Å². The van der Waals surface area contributed by atoms with Crippen molar-refractivity contribution in [3.63, 3.8) is 0 Å². The number of allylic oxidation sites excluding steroid dienone is 3. The zero-order chi connectivity index (χ0) is 44.2. The molecule has 0 rings (SSSR count). The molecule has 4 nitrogen and oxygen atoms in total. The van der Waals surface area contributed by atoms with Crippen molar-refractivity contribution in [2.75, 3.05) is 6.61 Å². The van der Waals surface area contributed by atoms with Gasteiger partial charge in [0.25, 0.3) is 0 Å². The third-order valence-corrected chi connectivity index (χ3v) is 13.2. The highest BCUT2D eigenvalue weighted by Crippen LogP contribution is 2.18. The second kappa shape index (κ2) is 53.2. The molecule has 0 radical (unpaired) electrons. The maximum Gasteiger partial charge on any atom is 0.220 e. The predicted octanol–water partition coefficient (Wildman–Crippen LogP) is 18.3. The van der Waals surface area contributed by atoms with Gasteiger partial charge in [-0.2, -0.15) is 0 Å². The van der Waals surface area contributed by atoms with Crippen molar-refractivity contribution in [1.82, 2.24) is 5.32 Å². The van der Waals surface area contributed by atoms with Gasteiger partial charge < -0.3 is 15.5 Å². The third-order valence-electron chi connectivity index (χ3n) is 13.2. The number of aliphatic hydroxyl groups is 2. The van der Waals surface area contributed by atoms with Gasteiger partial charge in [-0.3, -0.25) is 4.79 Å². The molecule has 0 aromatic carbocycles. The van der Waals surface area contributed by atoms with Gasteiger partial charge in [0, 0.05) is 6.42 Å². The van der Waals surface area contributed by atoms with E-state index in [2.05, 4.69) is 31.3 Å². The Labute approximate surface area is 383 Å². The molecule has 0 spiro atoms. The molecule has 0 aliphatic heterocycles.